The summed E-state index contributed by atoms with van der Waals surface area (Å²) < 4.78 is 6.86. The summed E-state index contributed by atoms with van der Waals surface area (Å²) in [5, 5.41) is 9.75. The Morgan fingerprint density at radius 1 is 1.65 bits per heavy atom. The molecule has 1 saturated heterocycles. The third-order valence-electron chi connectivity index (χ3n) is 2.91. The van der Waals surface area contributed by atoms with Crippen LogP contribution in [0.2, 0.25) is 0 Å². The van der Waals surface area contributed by atoms with Crippen molar-refractivity contribution in [2.45, 2.75) is 11.6 Å². The number of hydrogen-bond donors (Lipinski definition) is 1. The summed E-state index contributed by atoms with van der Waals surface area (Å²) >= 11 is 5.92. The van der Waals surface area contributed by atoms with E-state index in [2.05, 4.69) is 4.98 Å². The van der Waals surface area contributed by atoms with Gasteiger partial charge in [-0.25, -0.2) is 9.78 Å². The van der Waals surface area contributed by atoms with Crippen molar-refractivity contribution < 1.29 is 14.6 Å². The second-order valence-corrected chi connectivity index (χ2v) is 4.31. The van der Waals surface area contributed by atoms with Gasteiger partial charge in [0, 0.05) is 17.8 Å². The zero-order valence-corrected chi connectivity index (χ0v) is 9.46. The van der Waals surface area contributed by atoms with Crippen molar-refractivity contribution in [2.24, 2.45) is 0 Å². The predicted molar refractivity (Wildman–Crippen MR) is 61.3 cm³/mol. The maximum atomic E-state index is 11.1. The average Bonchev–Trinajstić information content (AvgIpc) is 2.67. The lowest BCUT2D eigenvalue weighted by atomic mass is 10.2. The smallest absolute Gasteiger partial charge is 0.337 e. The second-order valence-electron chi connectivity index (χ2n) is 3.88. The summed E-state index contributed by atoms with van der Waals surface area (Å²) in [6.07, 6.45) is 3.20. The van der Waals surface area contributed by atoms with Crippen LogP contribution in [0.5, 0.6) is 0 Å². The molecule has 5 nitrogen and oxygen atoms in total. The van der Waals surface area contributed by atoms with Crippen molar-refractivity contribution in [3.8, 4) is 0 Å². The van der Waals surface area contributed by atoms with E-state index in [1.807, 2.05) is 0 Å². The molecule has 6 heteroatoms. The quantitative estimate of drug-likeness (QED) is 0.829. The van der Waals surface area contributed by atoms with Crippen molar-refractivity contribution in [3.05, 3.63) is 30.1 Å². The fourth-order valence-electron chi connectivity index (χ4n) is 1.97. The van der Waals surface area contributed by atoms with Gasteiger partial charge in [-0.2, -0.15) is 0 Å². The maximum absolute atomic E-state index is 11.1. The lowest BCUT2D eigenvalue weighted by Crippen LogP contribution is -2.37. The Morgan fingerprint density at radius 2 is 2.47 bits per heavy atom. The molecule has 0 amide bonds. The normalized spacial score (nSPS) is 23.6. The largest absolute Gasteiger partial charge is 0.478 e. The second kappa shape index (κ2) is 3.72. The van der Waals surface area contributed by atoms with Gasteiger partial charge in [0.05, 0.1) is 18.2 Å². The van der Waals surface area contributed by atoms with Crippen LogP contribution in [-0.4, -0.2) is 32.8 Å². The Bertz CT molecular complexity index is 595. The molecule has 1 N–H and O–H groups in total. The first-order chi connectivity index (χ1) is 8.18. The highest BCUT2D eigenvalue weighted by molar-refractivity contribution is 6.20. The van der Waals surface area contributed by atoms with E-state index in [-0.39, 0.29) is 11.6 Å². The molecule has 1 aliphatic heterocycles. The zero-order valence-electron chi connectivity index (χ0n) is 8.71. The first-order valence-corrected chi connectivity index (χ1v) is 5.56. The van der Waals surface area contributed by atoms with Gasteiger partial charge in [0.2, 0.25) is 0 Å². The number of aromatic nitrogens is 2. The Hall–Kier alpha value is -1.59. The molecule has 17 heavy (non-hydrogen) atoms. The van der Waals surface area contributed by atoms with E-state index in [9.17, 15) is 4.79 Å². The van der Waals surface area contributed by atoms with Gasteiger partial charge in [0.1, 0.15) is 5.65 Å². The van der Waals surface area contributed by atoms with E-state index in [0.717, 1.165) is 0 Å². The average molecular weight is 253 g/mol. The minimum Gasteiger partial charge on any atom is -0.478 e. The first kappa shape index (κ1) is 10.6. The van der Waals surface area contributed by atoms with Gasteiger partial charge in [0.15, 0.2) is 5.56 Å². The van der Waals surface area contributed by atoms with Gasteiger partial charge in [-0.1, -0.05) is 11.6 Å². The molecular formula is C11H9ClN2O3. The monoisotopic (exact) mass is 252 g/mol. The van der Waals surface area contributed by atoms with Crippen LogP contribution in [-0.2, 0) is 4.74 Å². The summed E-state index contributed by atoms with van der Waals surface area (Å²) in [6.45, 7) is 0.480. The molecule has 88 valence electrons. The molecule has 0 aromatic carbocycles. The van der Waals surface area contributed by atoms with E-state index < -0.39 is 11.5 Å². The molecule has 2 atom stereocenters. The molecule has 3 rings (SSSR count). The lowest BCUT2D eigenvalue weighted by molar-refractivity contribution is -0.0525. The summed E-state index contributed by atoms with van der Waals surface area (Å²) in [6, 6.07) is 3.40. The van der Waals surface area contributed by atoms with Crippen LogP contribution in [0.1, 0.15) is 16.4 Å². The topological polar surface area (TPSA) is 64.3 Å². The number of carbonyl (C=O) groups is 1. The molecule has 1 aliphatic rings. The van der Waals surface area contributed by atoms with Crippen LogP contribution in [0.25, 0.3) is 11.0 Å². The molecule has 2 unspecified atom stereocenters. The van der Waals surface area contributed by atoms with Crippen LogP contribution < -0.4 is 0 Å². The first-order valence-electron chi connectivity index (χ1n) is 5.13. The van der Waals surface area contributed by atoms with Crippen molar-refractivity contribution in [1.82, 2.24) is 9.55 Å². The zero-order chi connectivity index (χ0) is 12.0. The number of pyridine rings is 1. The van der Waals surface area contributed by atoms with Gasteiger partial charge < -0.3 is 14.4 Å². The number of halogens is 1. The number of hydrogen-bond acceptors (Lipinski definition) is 3. The van der Waals surface area contributed by atoms with Crippen LogP contribution in [0.3, 0.4) is 0 Å². The fraction of sp³-hybridized carbons (Fsp3) is 0.273. The highest BCUT2D eigenvalue weighted by atomic mass is 35.5. The van der Waals surface area contributed by atoms with E-state index in [1.165, 1.54) is 0 Å². The number of ether oxygens (including phenoxy) is 1. The van der Waals surface area contributed by atoms with Gasteiger partial charge in [-0.05, 0) is 12.1 Å². The van der Waals surface area contributed by atoms with Gasteiger partial charge in [0.25, 0.3) is 0 Å². The Kier molecular flexibility index (Phi) is 2.31. The number of carboxylic acids is 1. The van der Waals surface area contributed by atoms with E-state index in [1.54, 1.807) is 29.1 Å². The maximum Gasteiger partial charge on any atom is 0.337 e. The highest BCUT2D eigenvalue weighted by Gasteiger charge is 2.33. The molecule has 2 aromatic rings. The SMILES string of the molecule is O=C(O)c1cn(C2COC2Cl)c2ncccc12. The van der Waals surface area contributed by atoms with Crippen molar-refractivity contribution >= 4 is 28.6 Å². The van der Waals surface area contributed by atoms with Crippen molar-refractivity contribution in [1.29, 1.82) is 0 Å². The Balaban J connectivity index is 2.21. The molecular weight excluding hydrogens is 244 g/mol. The van der Waals surface area contributed by atoms with E-state index in [4.69, 9.17) is 21.4 Å². The Labute approximate surface area is 102 Å². The minimum absolute atomic E-state index is 0.0535. The standard InChI is InChI=1S/C11H9ClN2O3/c12-9-8(5-17-9)14-4-7(11(15)16)6-2-1-3-13-10(6)14/h1-4,8-9H,5H2,(H,15,16). The van der Waals surface area contributed by atoms with Crippen LogP contribution in [0.15, 0.2) is 24.5 Å². The summed E-state index contributed by atoms with van der Waals surface area (Å²) in [5.41, 5.74) is 0.446. The summed E-state index contributed by atoms with van der Waals surface area (Å²) in [5.74, 6) is -0.965. The van der Waals surface area contributed by atoms with Gasteiger partial charge >= 0.3 is 5.97 Å². The molecule has 0 saturated carbocycles. The number of carboxylic acid groups (broad SMARTS) is 1. The number of nitrogens with zero attached hydrogens (tertiary/aromatic N) is 2. The van der Waals surface area contributed by atoms with Crippen molar-refractivity contribution in [3.63, 3.8) is 0 Å². The third kappa shape index (κ3) is 1.50. The molecule has 3 heterocycles. The number of fused-ring (bicyclic) bond motifs is 1. The number of rotatable bonds is 2. The number of aromatic carboxylic acids is 1. The van der Waals surface area contributed by atoms with Gasteiger partial charge in [-0.15, -0.1) is 0 Å². The minimum atomic E-state index is -0.965. The van der Waals surface area contributed by atoms with Crippen molar-refractivity contribution in [2.75, 3.05) is 6.61 Å². The molecule has 1 fully saturated rings. The predicted octanol–water partition coefficient (Wildman–Crippen LogP) is 1.87. The molecule has 0 bridgehead atoms. The molecule has 0 radical (unpaired) electrons. The fourth-order valence-corrected chi connectivity index (χ4v) is 2.23. The highest BCUT2D eigenvalue weighted by Crippen LogP contribution is 2.33. The molecule has 0 spiro atoms. The van der Waals surface area contributed by atoms with E-state index in [0.29, 0.717) is 17.6 Å². The number of alkyl halides is 1. The Morgan fingerprint density at radius 3 is 3.06 bits per heavy atom. The van der Waals surface area contributed by atoms with E-state index >= 15 is 0 Å². The van der Waals surface area contributed by atoms with Crippen LogP contribution in [0.4, 0.5) is 0 Å². The molecule has 0 aliphatic carbocycles. The van der Waals surface area contributed by atoms with Crippen LogP contribution in [0, 0.1) is 0 Å². The lowest BCUT2D eigenvalue weighted by Gasteiger charge is -2.33. The van der Waals surface area contributed by atoms with Crippen LogP contribution >= 0.6 is 11.6 Å². The molecule has 2 aromatic heterocycles. The third-order valence-corrected chi connectivity index (χ3v) is 3.32. The summed E-state index contributed by atoms with van der Waals surface area (Å²) in [7, 11) is 0. The van der Waals surface area contributed by atoms with Gasteiger partial charge in [-0.3, -0.25) is 0 Å². The summed E-state index contributed by atoms with van der Waals surface area (Å²) in [4.78, 5) is 15.3.